The van der Waals surface area contributed by atoms with Crippen molar-refractivity contribution in [3.63, 3.8) is 0 Å². The first kappa shape index (κ1) is 27.4. The van der Waals surface area contributed by atoms with Gasteiger partial charge in [0.1, 0.15) is 23.5 Å². The smallest absolute Gasteiger partial charge is 0.408 e. The summed E-state index contributed by atoms with van der Waals surface area (Å²) in [6, 6.07) is 6.73. The minimum absolute atomic E-state index is 0.0194. The van der Waals surface area contributed by atoms with Crippen LogP contribution in [0.3, 0.4) is 0 Å². The molecule has 3 saturated heterocycles. The monoisotopic (exact) mass is 539 g/mol. The molecule has 5 atom stereocenters. The van der Waals surface area contributed by atoms with Crippen molar-refractivity contribution >= 4 is 17.9 Å². The number of nitriles is 1. The molecule has 2 bridgehead atoms. The average Bonchev–Trinajstić information content (AvgIpc) is 3.55. The molecule has 0 aromatic heterocycles. The van der Waals surface area contributed by atoms with Crippen LogP contribution >= 0.6 is 0 Å². The largest absolute Gasteiger partial charge is 0.444 e. The van der Waals surface area contributed by atoms with E-state index in [4.69, 9.17) is 4.74 Å². The number of amides is 3. The highest BCUT2D eigenvalue weighted by molar-refractivity contribution is 5.88. The van der Waals surface area contributed by atoms with Gasteiger partial charge in [0.05, 0.1) is 18.2 Å². The first-order chi connectivity index (χ1) is 18.6. The summed E-state index contributed by atoms with van der Waals surface area (Å²) < 4.78 is 19.1. The van der Waals surface area contributed by atoms with E-state index in [0.29, 0.717) is 31.8 Å². The van der Waals surface area contributed by atoms with Crippen LogP contribution in [0.5, 0.6) is 0 Å². The van der Waals surface area contributed by atoms with Crippen LogP contribution in [-0.4, -0.2) is 82.0 Å². The lowest BCUT2D eigenvalue weighted by molar-refractivity contribution is -0.143. The molecule has 1 saturated carbocycles. The Morgan fingerprint density at radius 2 is 1.90 bits per heavy atom. The molecule has 0 radical (unpaired) electrons. The minimum Gasteiger partial charge on any atom is -0.444 e. The molecular weight excluding hydrogens is 501 g/mol. The second-order valence-electron chi connectivity index (χ2n) is 12.3. The third kappa shape index (κ3) is 5.60. The normalized spacial score (nSPS) is 26.7. The van der Waals surface area contributed by atoms with Crippen molar-refractivity contribution in [2.24, 2.45) is 5.92 Å². The van der Waals surface area contributed by atoms with Crippen LogP contribution in [0, 0.1) is 23.1 Å². The Morgan fingerprint density at radius 3 is 2.49 bits per heavy atom. The second kappa shape index (κ2) is 10.8. The molecule has 9 nitrogen and oxygen atoms in total. The molecule has 39 heavy (non-hydrogen) atoms. The van der Waals surface area contributed by atoms with E-state index in [0.717, 1.165) is 31.2 Å². The zero-order chi connectivity index (χ0) is 27.9. The molecule has 1 aromatic rings. The van der Waals surface area contributed by atoms with Crippen LogP contribution < -0.4 is 5.32 Å². The topological polar surface area (TPSA) is 106 Å². The molecule has 1 N–H and O–H groups in total. The average molecular weight is 540 g/mol. The molecule has 4 aliphatic rings. The predicted octanol–water partition coefficient (Wildman–Crippen LogP) is 3.36. The van der Waals surface area contributed by atoms with E-state index < -0.39 is 23.8 Å². The summed E-state index contributed by atoms with van der Waals surface area (Å²) in [5, 5.41) is 12.3. The van der Waals surface area contributed by atoms with Gasteiger partial charge in [0.2, 0.25) is 11.8 Å². The molecule has 3 aliphatic heterocycles. The fourth-order valence-electron chi connectivity index (χ4n) is 6.57. The van der Waals surface area contributed by atoms with Gasteiger partial charge in [-0.3, -0.25) is 14.5 Å². The van der Waals surface area contributed by atoms with E-state index in [1.807, 2.05) is 9.80 Å². The van der Waals surface area contributed by atoms with Crippen LogP contribution in [0.1, 0.15) is 70.9 Å². The number of alkyl carbamates (subject to hydrolysis) is 1. The van der Waals surface area contributed by atoms with Crippen molar-refractivity contribution in [3.8, 4) is 6.07 Å². The molecular formula is C29H38FN5O4. The molecule has 3 heterocycles. The number of carbonyl (C=O) groups is 3. The van der Waals surface area contributed by atoms with Crippen molar-refractivity contribution in [2.75, 3.05) is 19.6 Å². The number of fused-ring (bicyclic) bond motifs is 2. The number of halogens is 1. The summed E-state index contributed by atoms with van der Waals surface area (Å²) in [7, 11) is 0. The maximum absolute atomic E-state index is 13.8. The van der Waals surface area contributed by atoms with Crippen LogP contribution in [0.4, 0.5) is 9.18 Å². The van der Waals surface area contributed by atoms with Gasteiger partial charge >= 0.3 is 6.09 Å². The predicted molar refractivity (Wildman–Crippen MR) is 141 cm³/mol. The quantitative estimate of drug-likeness (QED) is 0.570. The van der Waals surface area contributed by atoms with Crippen molar-refractivity contribution < 1.29 is 23.5 Å². The number of hydrogen-bond donors (Lipinski definition) is 1. The first-order valence-electron chi connectivity index (χ1n) is 14.1. The number of rotatable bonds is 7. The summed E-state index contributed by atoms with van der Waals surface area (Å²) in [5.74, 6) is -0.243. The molecule has 3 amide bonds. The SMILES string of the molecule is CC(C)(C)OC(=O)N[C@@H](CN1C[C@H]2C[C@@H]1C(=O)N2[C@@H](c1ccc(F)cc1)C1CCC1)C(=O)N1CCC[C@H]1C#N. The summed E-state index contributed by atoms with van der Waals surface area (Å²) >= 11 is 0. The summed E-state index contributed by atoms with van der Waals surface area (Å²) in [6.07, 6.45) is 4.50. The van der Waals surface area contributed by atoms with Gasteiger partial charge in [-0.05, 0) is 76.5 Å². The molecule has 1 aliphatic carbocycles. The number of piperazine rings is 1. The number of nitrogens with one attached hydrogen (secondary N) is 1. The van der Waals surface area contributed by atoms with E-state index >= 15 is 0 Å². The van der Waals surface area contributed by atoms with Gasteiger partial charge < -0.3 is 19.9 Å². The van der Waals surface area contributed by atoms with Crippen LogP contribution in [-0.2, 0) is 14.3 Å². The second-order valence-corrected chi connectivity index (χ2v) is 12.3. The molecule has 0 unspecified atom stereocenters. The van der Waals surface area contributed by atoms with Gasteiger partial charge in [-0.2, -0.15) is 5.26 Å². The van der Waals surface area contributed by atoms with E-state index in [2.05, 4.69) is 11.4 Å². The fraction of sp³-hybridized carbons (Fsp3) is 0.655. The molecule has 210 valence electrons. The number of hydrogen-bond acceptors (Lipinski definition) is 6. The summed E-state index contributed by atoms with van der Waals surface area (Å²) in [4.78, 5) is 45.6. The first-order valence-corrected chi connectivity index (χ1v) is 14.1. The Hall–Kier alpha value is -3.19. The maximum Gasteiger partial charge on any atom is 0.408 e. The van der Waals surface area contributed by atoms with Gasteiger partial charge in [-0.25, -0.2) is 9.18 Å². The molecule has 10 heteroatoms. The van der Waals surface area contributed by atoms with Crippen molar-refractivity contribution in [1.29, 1.82) is 5.26 Å². The zero-order valence-corrected chi connectivity index (χ0v) is 22.9. The van der Waals surface area contributed by atoms with Gasteiger partial charge in [0, 0.05) is 25.7 Å². The Bertz CT molecular complexity index is 1140. The fourth-order valence-corrected chi connectivity index (χ4v) is 6.57. The van der Waals surface area contributed by atoms with Crippen molar-refractivity contribution in [3.05, 3.63) is 35.6 Å². The number of carbonyl (C=O) groups excluding carboxylic acids is 3. The summed E-state index contributed by atoms with van der Waals surface area (Å²) in [5.41, 5.74) is 0.227. The molecule has 1 aromatic carbocycles. The lowest BCUT2D eigenvalue weighted by Crippen LogP contribution is -2.59. The van der Waals surface area contributed by atoms with E-state index in [9.17, 15) is 24.0 Å². The van der Waals surface area contributed by atoms with E-state index in [1.54, 1.807) is 32.9 Å². The standard InChI is InChI=1S/C29H38FN5O4/c1-29(2,3)39-28(38)32-23(26(36)34-13-5-8-21(34)15-31)17-33-16-22-14-24(33)27(37)35(22)25(18-6-4-7-18)19-9-11-20(30)12-10-19/h9-12,18,21-25H,4-8,13-14,16-17H2,1-3H3,(H,32,38)/t21-,22+,23-,24+,25+/m0/s1. The molecule has 4 fully saturated rings. The van der Waals surface area contributed by atoms with E-state index in [1.165, 1.54) is 17.0 Å². The Balaban J connectivity index is 1.33. The number of benzene rings is 1. The van der Waals surface area contributed by atoms with Gasteiger partial charge in [-0.15, -0.1) is 0 Å². The highest BCUT2D eigenvalue weighted by atomic mass is 19.1. The number of ether oxygens (including phenoxy) is 1. The Labute approximate surface area is 229 Å². The molecule has 0 spiro atoms. The van der Waals surface area contributed by atoms with Crippen LogP contribution in [0.15, 0.2) is 24.3 Å². The highest BCUT2D eigenvalue weighted by Gasteiger charge is 2.54. The molecule has 5 rings (SSSR count). The number of likely N-dealkylation sites (tertiary alicyclic amines) is 3. The zero-order valence-electron chi connectivity index (χ0n) is 22.9. The van der Waals surface area contributed by atoms with Crippen molar-refractivity contribution in [1.82, 2.24) is 20.0 Å². The number of nitrogens with zero attached hydrogens (tertiary/aromatic N) is 4. The van der Waals surface area contributed by atoms with Gasteiger partial charge in [0.15, 0.2) is 0 Å². The Morgan fingerprint density at radius 1 is 1.18 bits per heavy atom. The van der Waals surface area contributed by atoms with Crippen molar-refractivity contribution in [2.45, 2.75) is 95.1 Å². The lowest BCUT2D eigenvalue weighted by Gasteiger charge is -2.45. The third-order valence-electron chi connectivity index (χ3n) is 8.51. The van der Waals surface area contributed by atoms with Crippen LogP contribution in [0.2, 0.25) is 0 Å². The highest BCUT2D eigenvalue weighted by Crippen LogP contribution is 2.47. The minimum atomic E-state index is -0.936. The van der Waals surface area contributed by atoms with E-state index in [-0.39, 0.29) is 42.3 Å². The van der Waals surface area contributed by atoms with Gasteiger partial charge in [0.25, 0.3) is 0 Å². The summed E-state index contributed by atoms with van der Waals surface area (Å²) in [6.45, 7) is 6.47. The lowest BCUT2D eigenvalue weighted by atomic mass is 9.76. The third-order valence-corrected chi connectivity index (χ3v) is 8.51. The van der Waals surface area contributed by atoms with Gasteiger partial charge in [-0.1, -0.05) is 18.6 Å². The Kier molecular flexibility index (Phi) is 7.55. The maximum atomic E-state index is 13.8. The van der Waals surface area contributed by atoms with Crippen LogP contribution in [0.25, 0.3) is 0 Å².